The fourth-order valence-corrected chi connectivity index (χ4v) is 3.70. The Labute approximate surface area is 165 Å². The van der Waals surface area contributed by atoms with E-state index in [1.54, 1.807) is 0 Å². The molecule has 0 heterocycles. The second-order valence-electron chi connectivity index (χ2n) is 6.48. The first kappa shape index (κ1) is 18.6. The number of nitrogens with one attached hydrogen (secondary N) is 4. The summed E-state index contributed by atoms with van der Waals surface area (Å²) < 4.78 is 0. The molecular formula is C20H24N4S2. The molecule has 0 unspecified atom stereocenters. The second kappa shape index (κ2) is 9.50. The molecule has 136 valence electrons. The maximum absolute atomic E-state index is 5.42. The smallest absolute Gasteiger partial charge is 0.170 e. The lowest BCUT2D eigenvalue weighted by Crippen LogP contribution is -2.45. The summed E-state index contributed by atoms with van der Waals surface area (Å²) in [7, 11) is 0. The number of thiocarbonyl (C=S) groups is 2. The Bertz CT molecular complexity index is 650. The van der Waals surface area contributed by atoms with Crippen molar-refractivity contribution in [1.29, 1.82) is 0 Å². The molecule has 0 spiro atoms. The highest BCUT2D eigenvalue weighted by molar-refractivity contribution is 7.80. The van der Waals surface area contributed by atoms with E-state index in [2.05, 4.69) is 21.3 Å². The van der Waals surface area contributed by atoms with Crippen molar-refractivity contribution >= 4 is 46.0 Å². The van der Waals surface area contributed by atoms with Gasteiger partial charge in [0.25, 0.3) is 0 Å². The summed E-state index contributed by atoms with van der Waals surface area (Å²) in [6, 6.07) is 20.8. The molecule has 1 aliphatic carbocycles. The van der Waals surface area contributed by atoms with Gasteiger partial charge in [0.05, 0.1) is 0 Å². The van der Waals surface area contributed by atoms with Gasteiger partial charge in [-0.15, -0.1) is 0 Å². The molecule has 0 bridgehead atoms. The van der Waals surface area contributed by atoms with E-state index < -0.39 is 0 Å². The number of rotatable bonds is 4. The van der Waals surface area contributed by atoms with E-state index >= 15 is 0 Å². The van der Waals surface area contributed by atoms with E-state index in [-0.39, 0.29) is 0 Å². The molecule has 26 heavy (non-hydrogen) atoms. The molecule has 0 atom stereocenters. The van der Waals surface area contributed by atoms with Gasteiger partial charge in [-0.05, 0) is 74.4 Å². The van der Waals surface area contributed by atoms with Gasteiger partial charge >= 0.3 is 0 Å². The summed E-state index contributed by atoms with van der Waals surface area (Å²) in [4.78, 5) is 0. The SMILES string of the molecule is S=C(Nc1ccccc1)NC1CCC(NC(=S)Nc2ccccc2)CC1. The van der Waals surface area contributed by atoms with E-state index in [1.165, 1.54) is 0 Å². The van der Waals surface area contributed by atoms with Crippen LogP contribution >= 0.6 is 24.4 Å². The van der Waals surface area contributed by atoms with Crippen LogP contribution in [0.2, 0.25) is 0 Å². The maximum Gasteiger partial charge on any atom is 0.170 e. The molecule has 3 rings (SSSR count). The molecule has 4 N–H and O–H groups in total. The van der Waals surface area contributed by atoms with Crippen LogP contribution in [0.3, 0.4) is 0 Å². The van der Waals surface area contributed by atoms with Crippen molar-refractivity contribution in [2.75, 3.05) is 10.6 Å². The van der Waals surface area contributed by atoms with E-state index in [4.69, 9.17) is 24.4 Å². The minimum atomic E-state index is 0.410. The van der Waals surface area contributed by atoms with Crippen LogP contribution < -0.4 is 21.3 Å². The maximum atomic E-state index is 5.42. The van der Waals surface area contributed by atoms with Crippen molar-refractivity contribution in [2.24, 2.45) is 0 Å². The highest BCUT2D eigenvalue weighted by atomic mass is 32.1. The van der Waals surface area contributed by atoms with Crippen molar-refractivity contribution in [3.05, 3.63) is 60.7 Å². The summed E-state index contributed by atoms with van der Waals surface area (Å²) in [5.41, 5.74) is 2.02. The molecule has 0 aliphatic heterocycles. The highest BCUT2D eigenvalue weighted by Gasteiger charge is 2.22. The number of anilines is 2. The van der Waals surface area contributed by atoms with Crippen molar-refractivity contribution in [3.8, 4) is 0 Å². The fraction of sp³-hybridized carbons (Fsp3) is 0.300. The lowest BCUT2D eigenvalue weighted by Gasteiger charge is -2.31. The number of para-hydroxylation sites is 2. The van der Waals surface area contributed by atoms with Gasteiger partial charge in [0, 0.05) is 23.5 Å². The van der Waals surface area contributed by atoms with Crippen molar-refractivity contribution in [2.45, 2.75) is 37.8 Å². The van der Waals surface area contributed by atoms with Gasteiger partial charge in [0.15, 0.2) is 10.2 Å². The third kappa shape index (κ3) is 5.97. The lowest BCUT2D eigenvalue weighted by molar-refractivity contribution is 0.356. The van der Waals surface area contributed by atoms with Gasteiger partial charge < -0.3 is 21.3 Å². The summed E-state index contributed by atoms with van der Waals surface area (Å²) in [5.74, 6) is 0. The minimum Gasteiger partial charge on any atom is -0.360 e. The van der Waals surface area contributed by atoms with Gasteiger partial charge in [-0.1, -0.05) is 36.4 Å². The molecule has 0 radical (unpaired) electrons. The summed E-state index contributed by atoms with van der Waals surface area (Å²) in [6.07, 6.45) is 4.29. The average molecular weight is 385 g/mol. The molecule has 0 aromatic heterocycles. The summed E-state index contributed by atoms with van der Waals surface area (Å²) >= 11 is 10.8. The van der Waals surface area contributed by atoms with Crippen LogP contribution in [-0.4, -0.2) is 22.3 Å². The molecule has 4 nitrogen and oxygen atoms in total. The normalized spacial score (nSPS) is 19.2. The van der Waals surface area contributed by atoms with E-state index in [0.717, 1.165) is 37.1 Å². The quantitative estimate of drug-likeness (QED) is 0.591. The zero-order valence-electron chi connectivity index (χ0n) is 14.6. The predicted octanol–water partition coefficient (Wildman–Crippen LogP) is 4.27. The highest BCUT2D eigenvalue weighted by Crippen LogP contribution is 2.19. The van der Waals surface area contributed by atoms with E-state index in [0.29, 0.717) is 22.3 Å². The Hall–Kier alpha value is -2.18. The molecule has 0 saturated heterocycles. The van der Waals surface area contributed by atoms with Crippen molar-refractivity contribution in [1.82, 2.24) is 10.6 Å². The first-order valence-electron chi connectivity index (χ1n) is 8.94. The predicted molar refractivity (Wildman–Crippen MR) is 118 cm³/mol. The molecular weight excluding hydrogens is 360 g/mol. The molecule has 6 heteroatoms. The third-order valence-corrected chi connectivity index (χ3v) is 4.90. The zero-order chi connectivity index (χ0) is 18.2. The van der Waals surface area contributed by atoms with Crippen LogP contribution in [0.25, 0.3) is 0 Å². The van der Waals surface area contributed by atoms with Crippen LogP contribution in [0.15, 0.2) is 60.7 Å². The third-order valence-electron chi connectivity index (χ3n) is 4.46. The Morgan fingerprint density at radius 1 is 0.615 bits per heavy atom. The molecule has 1 fully saturated rings. The van der Waals surface area contributed by atoms with E-state index in [9.17, 15) is 0 Å². The van der Waals surface area contributed by atoms with Gasteiger partial charge in [-0.3, -0.25) is 0 Å². The number of hydrogen-bond donors (Lipinski definition) is 4. The first-order valence-corrected chi connectivity index (χ1v) is 9.76. The molecule has 1 aliphatic rings. The molecule has 2 aromatic rings. The van der Waals surface area contributed by atoms with Gasteiger partial charge in [-0.25, -0.2) is 0 Å². The van der Waals surface area contributed by atoms with Crippen LogP contribution in [0.1, 0.15) is 25.7 Å². The topological polar surface area (TPSA) is 48.1 Å². The van der Waals surface area contributed by atoms with Gasteiger partial charge in [0.1, 0.15) is 0 Å². The van der Waals surface area contributed by atoms with E-state index in [1.807, 2.05) is 60.7 Å². The fourth-order valence-electron chi connectivity index (χ4n) is 3.13. The lowest BCUT2D eigenvalue weighted by atomic mass is 9.91. The van der Waals surface area contributed by atoms with Crippen LogP contribution in [0.5, 0.6) is 0 Å². The molecule has 0 amide bonds. The minimum absolute atomic E-state index is 0.410. The Balaban J connectivity index is 1.37. The largest absolute Gasteiger partial charge is 0.360 e. The molecule has 1 saturated carbocycles. The zero-order valence-corrected chi connectivity index (χ0v) is 16.2. The summed E-state index contributed by atoms with van der Waals surface area (Å²) in [6.45, 7) is 0. The van der Waals surface area contributed by atoms with Crippen molar-refractivity contribution in [3.63, 3.8) is 0 Å². The van der Waals surface area contributed by atoms with Crippen molar-refractivity contribution < 1.29 is 0 Å². The first-order chi connectivity index (χ1) is 12.7. The van der Waals surface area contributed by atoms with Crippen LogP contribution in [0.4, 0.5) is 11.4 Å². The Morgan fingerprint density at radius 2 is 0.962 bits per heavy atom. The monoisotopic (exact) mass is 384 g/mol. The summed E-state index contributed by atoms with van der Waals surface area (Å²) in [5, 5.41) is 14.7. The number of benzene rings is 2. The standard InChI is InChI=1S/C20H24N4S2/c25-19(21-15-7-3-1-4-8-15)23-17-11-13-18(14-12-17)24-20(26)22-16-9-5-2-6-10-16/h1-10,17-18H,11-14H2,(H2,21,23,25)(H2,22,24,26). The van der Waals surface area contributed by atoms with Gasteiger partial charge in [0.2, 0.25) is 0 Å². The number of hydrogen-bond acceptors (Lipinski definition) is 2. The Kier molecular flexibility index (Phi) is 6.80. The van der Waals surface area contributed by atoms with Gasteiger partial charge in [-0.2, -0.15) is 0 Å². The Morgan fingerprint density at radius 3 is 1.31 bits per heavy atom. The second-order valence-corrected chi connectivity index (χ2v) is 7.29. The van der Waals surface area contributed by atoms with Crippen LogP contribution in [0, 0.1) is 0 Å². The van der Waals surface area contributed by atoms with Crippen LogP contribution in [-0.2, 0) is 0 Å². The molecule has 2 aromatic carbocycles. The average Bonchev–Trinajstić information content (AvgIpc) is 2.65.